The minimum absolute atomic E-state index is 0.284. The van der Waals surface area contributed by atoms with E-state index in [1.807, 2.05) is 12.1 Å². The summed E-state index contributed by atoms with van der Waals surface area (Å²) >= 11 is 0. The van der Waals surface area contributed by atoms with Crippen molar-refractivity contribution in [3.63, 3.8) is 0 Å². The van der Waals surface area contributed by atoms with E-state index in [0.717, 1.165) is 24.0 Å². The standard InChI is InChI=1S/C16H14O/c17-16-8-4-3-7-15(16)14-10-9-12-5-1-2-6-13(12)11-14/h1-2,5-7,9-11H,3-4,8H2. The minimum atomic E-state index is 0.284. The molecule has 0 atom stereocenters. The van der Waals surface area contributed by atoms with Gasteiger partial charge in [-0.1, -0.05) is 42.5 Å². The van der Waals surface area contributed by atoms with Crippen LogP contribution in [-0.2, 0) is 4.79 Å². The zero-order chi connectivity index (χ0) is 11.7. The Morgan fingerprint density at radius 2 is 1.76 bits per heavy atom. The van der Waals surface area contributed by atoms with Gasteiger partial charge in [-0.05, 0) is 35.2 Å². The molecule has 0 amide bonds. The first-order chi connectivity index (χ1) is 8.34. The van der Waals surface area contributed by atoms with Gasteiger partial charge in [0.05, 0.1) is 0 Å². The van der Waals surface area contributed by atoms with E-state index in [0.29, 0.717) is 6.42 Å². The van der Waals surface area contributed by atoms with Crippen molar-refractivity contribution in [1.82, 2.24) is 0 Å². The van der Waals surface area contributed by atoms with Crippen LogP contribution in [0.15, 0.2) is 48.5 Å². The molecule has 0 unspecified atom stereocenters. The van der Waals surface area contributed by atoms with E-state index in [4.69, 9.17) is 0 Å². The lowest BCUT2D eigenvalue weighted by atomic mass is 9.91. The topological polar surface area (TPSA) is 17.1 Å². The van der Waals surface area contributed by atoms with Crippen LogP contribution in [-0.4, -0.2) is 5.78 Å². The molecule has 17 heavy (non-hydrogen) atoms. The molecule has 0 saturated carbocycles. The molecule has 2 aromatic carbocycles. The van der Waals surface area contributed by atoms with Crippen molar-refractivity contribution in [2.75, 3.05) is 0 Å². The molecule has 84 valence electrons. The number of hydrogen-bond donors (Lipinski definition) is 0. The maximum absolute atomic E-state index is 11.9. The predicted octanol–water partition coefficient (Wildman–Crippen LogP) is 3.98. The number of hydrogen-bond acceptors (Lipinski definition) is 1. The normalized spacial score (nSPS) is 16.0. The van der Waals surface area contributed by atoms with Gasteiger partial charge in [0.25, 0.3) is 0 Å². The Bertz CT molecular complexity index is 608. The van der Waals surface area contributed by atoms with Crippen molar-refractivity contribution in [1.29, 1.82) is 0 Å². The average Bonchev–Trinajstić information content (AvgIpc) is 2.39. The average molecular weight is 222 g/mol. The Hall–Kier alpha value is -1.89. The first-order valence-corrected chi connectivity index (χ1v) is 6.07. The van der Waals surface area contributed by atoms with Crippen LogP contribution in [0.2, 0.25) is 0 Å². The van der Waals surface area contributed by atoms with Crippen molar-refractivity contribution in [3.05, 3.63) is 54.1 Å². The van der Waals surface area contributed by atoms with Crippen LogP contribution in [0.3, 0.4) is 0 Å². The van der Waals surface area contributed by atoms with Gasteiger partial charge in [0.2, 0.25) is 0 Å². The van der Waals surface area contributed by atoms with Crippen molar-refractivity contribution in [2.45, 2.75) is 19.3 Å². The molecule has 1 heteroatoms. The number of ketones is 1. The van der Waals surface area contributed by atoms with E-state index < -0.39 is 0 Å². The highest BCUT2D eigenvalue weighted by Gasteiger charge is 2.15. The van der Waals surface area contributed by atoms with Crippen LogP contribution in [0.25, 0.3) is 16.3 Å². The molecule has 0 spiro atoms. The van der Waals surface area contributed by atoms with Crippen molar-refractivity contribution in [2.24, 2.45) is 0 Å². The Balaban J connectivity index is 2.12. The van der Waals surface area contributed by atoms with Crippen LogP contribution in [0, 0.1) is 0 Å². The second-order valence-corrected chi connectivity index (χ2v) is 4.50. The Kier molecular flexibility index (Phi) is 2.52. The number of carbonyl (C=O) groups is 1. The lowest BCUT2D eigenvalue weighted by molar-refractivity contribution is -0.114. The number of benzene rings is 2. The third-order valence-corrected chi connectivity index (χ3v) is 3.32. The summed E-state index contributed by atoms with van der Waals surface area (Å²) in [4.78, 5) is 11.9. The predicted molar refractivity (Wildman–Crippen MR) is 70.8 cm³/mol. The summed E-state index contributed by atoms with van der Waals surface area (Å²) in [7, 11) is 0. The van der Waals surface area contributed by atoms with E-state index in [1.54, 1.807) is 0 Å². The highest BCUT2D eigenvalue weighted by atomic mass is 16.1. The highest BCUT2D eigenvalue weighted by molar-refractivity contribution is 6.21. The van der Waals surface area contributed by atoms with E-state index >= 15 is 0 Å². The smallest absolute Gasteiger partial charge is 0.163 e. The molecule has 1 nitrogen and oxygen atoms in total. The number of allylic oxidation sites excluding steroid dienone is 2. The first kappa shape index (κ1) is 10.3. The van der Waals surface area contributed by atoms with E-state index in [2.05, 4.69) is 36.4 Å². The summed E-state index contributed by atoms with van der Waals surface area (Å²) in [6.07, 6.45) is 4.79. The molecule has 2 aromatic rings. The summed E-state index contributed by atoms with van der Waals surface area (Å²) < 4.78 is 0. The molecule has 0 saturated heterocycles. The van der Waals surface area contributed by atoms with Gasteiger partial charge in [0.15, 0.2) is 5.78 Å². The van der Waals surface area contributed by atoms with E-state index in [1.165, 1.54) is 10.8 Å². The molecule has 0 N–H and O–H groups in total. The van der Waals surface area contributed by atoms with Gasteiger partial charge in [0.1, 0.15) is 0 Å². The van der Waals surface area contributed by atoms with Gasteiger partial charge in [0, 0.05) is 12.0 Å². The molecule has 0 aliphatic heterocycles. The summed E-state index contributed by atoms with van der Waals surface area (Å²) in [5, 5.41) is 2.42. The molecule has 0 fully saturated rings. The Labute approximate surface area is 101 Å². The van der Waals surface area contributed by atoms with Crippen molar-refractivity contribution in [3.8, 4) is 0 Å². The van der Waals surface area contributed by atoms with E-state index in [-0.39, 0.29) is 5.78 Å². The van der Waals surface area contributed by atoms with Crippen LogP contribution in [0.1, 0.15) is 24.8 Å². The fourth-order valence-corrected chi connectivity index (χ4v) is 2.39. The summed E-state index contributed by atoms with van der Waals surface area (Å²) in [6, 6.07) is 14.5. The third kappa shape index (κ3) is 1.89. The van der Waals surface area contributed by atoms with Gasteiger partial charge < -0.3 is 0 Å². The molecule has 0 aromatic heterocycles. The molecule has 0 heterocycles. The summed E-state index contributed by atoms with van der Waals surface area (Å²) in [5.41, 5.74) is 1.97. The second-order valence-electron chi connectivity index (χ2n) is 4.50. The molecule has 1 aliphatic carbocycles. The van der Waals surface area contributed by atoms with Gasteiger partial charge in [-0.2, -0.15) is 0 Å². The molecular formula is C16H14O. The Morgan fingerprint density at radius 3 is 2.59 bits per heavy atom. The van der Waals surface area contributed by atoms with Gasteiger partial charge in [-0.15, -0.1) is 0 Å². The highest BCUT2D eigenvalue weighted by Crippen LogP contribution is 2.26. The first-order valence-electron chi connectivity index (χ1n) is 6.07. The van der Waals surface area contributed by atoms with Crippen LogP contribution in [0.4, 0.5) is 0 Å². The second kappa shape index (κ2) is 4.17. The van der Waals surface area contributed by atoms with Crippen LogP contribution >= 0.6 is 0 Å². The number of fused-ring (bicyclic) bond motifs is 1. The lowest BCUT2D eigenvalue weighted by Crippen LogP contribution is -2.05. The van der Waals surface area contributed by atoms with Crippen molar-refractivity contribution < 1.29 is 4.79 Å². The SMILES string of the molecule is O=C1CCCC=C1c1ccc2ccccc2c1. The zero-order valence-electron chi connectivity index (χ0n) is 9.65. The van der Waals surface area contributed by atoms with Crippen LogP contribution < -0.4 is 0 Å². The molecule has 0 bridgehead atoms. The molecule has 0 radical (unpaired) electrons. The monoisotopic (exact) mass is 222 g/mol. The molecule has 1 aliphatic rings. The number of Topliss-reactive ketones (excluding diaryl/α,β-unsaturated/α-hetero) is 1. The fraction of sp³-hybridized carbons (Fsp3) is 0.188. The summed E-state index contributed by atoms with van der Waals surface area (Å²) in [6.45, 7) is 0. The van der Waals surface area contributed by atoms with Gasteiger partial charge in [-0.3, -0.25) is 4.79 Å². The number of carbonyl (C=O) groups excluding carboxylic acids is 1. The number of rotatable bonds is 1. The Morgan fingerprint density at radius 1 is 0.941 bits per heavy atom. The minimum Gasteiger partial charge on any atom is -0.294 e. The zero-order valence-corrected chi connectivity index (χ0v) is 9.65. The van der Waals surface area contributed by atoms with Gasteiger partial charge >= 0.3 is 0 Å². The lowest BCUT2D eigenvalue weighted by Gasteiger charge is -2.12. The molecule has 3 rings (SSSR count). The maximum atomic E-state index is 11.9. The molecular weight excluding hydrogens is 208 g/mol. The third-order valence-electron chi connectivity index (χ3n) is 3.32. The quantitative estimate of drug-likeness (QED) is 0.713. The summed E-state index contributed by atoms with van der Waals surface area (Å²) in [5.74, 6) is 0.284. The van der Waals surface area contributed by atoms with Crippen molar-refractivity contribution >= 4 is 22.1 Å². The van der Waals surface area contributed by atoms with E-state index in [9.17, 15) is 4.79 Å². The fourth-order valence-electron chi connectivity index (χ4n) is 2.39. The maximum Gasteiger partial charge on any atom is 0.163 e. The van der Waals surface area contributed by atoms with Crippen LogP contribution in [0.5, 0.6) is 0 Å². The largest absolute Gasteiger partial charge is 0.294 e. The van der Waals surface area contributed by atoms with Gasteiger partial charge in [-0.25, -0.2) is 0 Å².